The van der Waals surface area contributed by atoms with Crippen molar-refractivity contribution < 1.29 is 4.79 Å². The molecule has 1 aliphatic carbocycles. The van der Waals surface area contributed by atoms with Crippen molar-refractivity contribution in [1.82, 2.24) is 5.32 Å². The second kappa shape index (κ2) is 4.81. The van der Waals surface area contributed by atoms with Crippen LogP contribution in [0.25, 0.3) is 0 Å². The van der Waals surface area contributed by atoms with Gasteiger partial charge in [0.2, 0.25) is 5.91 Å². The second-order valence-corrected chi connectivity index (χ2v) is 5.11. The molecule has 1 aliphatic rings. The summed E-state index contributed by atoms with van der Waals surface area (Å²) in [4.78, 5) is 11.9. The fourth-order valence-electron chi connectivity index (χ4n) is 2.50. The highest BCUT2D eigenvalue weighted by Crippen LogP contribution is 2.36. The number of rotatable bonds is 3. The molecule has 2 heteroatoms. The van der Waals surface area contributed by atoms with Crippen molar-refractivity contribution >= 4 is 5.91 Å². The lowest BCUT2D eigenvalue weighted by molar-refractivity contribution is -0.127. The molecule has 1 amide bonds. The molecule has 1 saturated carbocycles. The first-order valence-electron chi connectivity index (χ1n) is 5.82. The quantitative estimate of drug-likeness (QED) is 0.740. The number of carbonyl (C=O) groups is 1. The molecule has 1 N–H and O–H groups in total. The molecule has 1 rings (SSSR count). The van der Waals surface area contributed by atoms with Crippen LogP contribution in [0, 0.1) is 17.8 Å². The molecule has 0 bridgehead atoms. The average Bonchev–Trinajstić information content (AvgIpc) is 2.49. The first kappa shape index (κ1) is 11.5. The van der Waals surface area contributed by atoms with Crippen molar-refractivity contribution in [3.8, 4) is 0 Å². The third kappa shape index (κ3) is 2.73. The topological polar surface area (TPSA) is 29.1 Å². The number of hydrogen-bond donors (Lipinski definition) is 1. The molecule has 0 aromatic heterocycles. The summed E-state index contributed by atoms with van der Waals surface area (Å²) < 4.78 is 0. The van der Waals surface area contributed by atoms with Gasteiger partial charge in [-0.1, -0.05) is 20.3 Å². The Hall–Kier alpha value is -0.530. The Labute approximate surface area is 87.5 Å². The van der Waals surface area contributed by atoms with Gasteiger partial charge >= 0.3 is 0 Å². The zero-order valence-corrected chi connectivity index (χ0v) is 9.84. The van der Waals surface area contributed by atoms with Crippen molar-refractivity contribution in [2.24, 2.45) is 17.8 Å². The summed E-state index contributed by atoms with van der Waals surface area (Å²) in [5.74, 6) is 1.79. The van der Waals surface area contributed by atoms with E-state index in [2.05, 4.69) is 19.2 Å². The Balaban J connectivity index is 2.53. The van der Waals surface area contributed by atoms with Gasteiger partial charge in [0.25, 0.3) is 0 Å². The van der Waals surface area contributed by atoms with Gasteiger partial charge in [-0.2, -0.15) is 0 Å². The Morgan fingerprint density at radius 2 is 1.86 bits per heavy atom. The predicted octanol–water partition coefficient (Wildman–Crippen LogP) is 2.58. The Kier molecular flexibility index (Phi) is 3.97. The van der Waals surface area contributed by atoms with Crippen molar-refractivity contribution in [2.45, 2.75) is 53.0 Å². The van der Waals surface area contributed by atoms with Crippen LogP contribution in [0.4, 0.5) is 0 Å². The van der Waals surface area contributed by atoms with Gasteiger partial charge in [-0.15, -0.1) is 0 Å². The highest BCUT2D eigenvalue weighted by Gasteiger charge is 2.34. The molecule has 2 atom stereocenters. The summed E-state index contributed by atoms with van der Waals surface area (Å²) >= 11 is 0. The summed E-state index contributed by atoms with van der Waals surface area (Å²) in [6, 6.07) is 0.274. The van der Waals surface area contributed by atoms with Gasteiger partial charge in [0.05, 0.1) is 0 Å². The minimum absolute atomic E-state index is 0.274. The molecule has 0 heterocycles. The van der Waals surface area contributed by atoms with Crippen molar-refractivity contribution in [1.29, 1.82) is 0 Å². The van der Waals surface area contributed by atoms with Crippen LogP contribution >= 0.6 is 0 Å². The normalized spacial score (nSPS) is 27.3. The van der Waals surface area contributed by atoms with Gasteiger partial charge < -0.3 is 5.32 Å². The van der Waals surface area contributed by atoms with Gasteiger partial charge in [0.1, 0.15) is 0 Å². The monoisotopic (exact) mass is 197 g/mol. The molecule has 0 spiro atoms. The number of hydrogen-bond acceptors (Lipinski definition) is 1. The lowest BCUT2D eigenvalue weighted by Crippen LogP contribution is -2.38. The fraction of sp³-hybridized carbons (Fsp3) is 0.917. The maximum Gasteiger partial charge on any atom is 0.223 e. The maximum atomic E-state index is 11.9. The molecule has 0 aromatic carbocycles. The SMILES string of the molecule is CC(C)NC(=O)[C@@H]1CCC[C@H]1C(C)C. The molecule has 0 radical (unpaired) electrons. The number of carbonyl (C=O) groups excluding carboxylic acids is 1. The van der Waals surface area contributed by atoms with E-state index in [1.807, 2.05) is 13.8 Å². The highest BCUT2D eigenvalue weighted by molar-refractivity contribution is 5.79. The van der Waals surface area contributed by atoms with E-state index < -0.39 is 0 Å². The van der Waals surface area contributed by atoms with Crippen LogP contribution in [0.5, 0.6) is 0 Å². The standard InChI is InChI=1S/C12H23NO/c1-8(2)10-6-5-7-11(10)12(14)13-9(3)4/h8-11H,5-7H2,1-4H3,(H,13,14)/t10-,11+/m0/s1. The highest BCUT2D eigenvalue weighted by atomic mass is 16.1. The molecule has 0 aromatic rings. The second-order valence-electron chi connectivity index (χ2n) is 5.11. The summed E-state index contributed by atoms with van der Waals surface area (Å²) in [5, 5.41) is 3.03. The van der Waals surface area contributed by atoms with Crippen LogP contribution in [0.1, 0.15) is 47.0 Å². The Bertz CT molecular complexity index is 198. The molecule has 1 fully saturated rings. The van der Waals surface area contributed by atoms with Crippen LogP contribution in [-0.4, -0.2) is 11.9 Å². The zero-order chi connectivity index (χ0) is 10.7. The molecular weight excluding hydrogens is 174 g/mol. The lowest BCUT2D eigenvalue weighted by Gasteiger charge is -2.23. The fourth-order valence-corrected chi connectivity index (χ4v) is 2.50. The summed E-state index contributed by atoms with van der Waals surface area (Å²) in [6.45, 7) is 8.51. The van der Waals surface area contributed by atoms with Gasteiger partial charge in [-0.25, -0.2) is 0 Å². The molecule has 2 nitrogen and oxygen atoms in total. The molecular formula is C12H23NO. The lowest BCUT2D eigenvalue weighted by atomic mass is 9.85. The summed E-state index contributed by atoms with van der Waals surface area (Å²) in [6.07, 6.45) is 3.54. The first-order valence-corrected chi connectivity index (χ1v) is 5.82. The predicted molar refractivity (Wildman–Crippen MR) is 58.9 cm³/mol. The van der Waals surface area contributed by atoms with E-state index in [-0.39, 0.29) is 17.9 Å². The maximum absolute atomic E-state index is 11.9. The number of nitrogens with one attached hydrogen (secondary N) is 1. The van der Waals surface area contributed by atoms with E-state index in [1.54, 1.807) is 0 Å². The summed E-state index contributed by atoms with van der Waals surface area (Å²) in [7, 11) is 0. The minimum atomic E-state index is 0.274. The van der Waals surface area contributed by atoms with Crippen LogP contribution in [0.15, 0.2) is 0 Å². The Morgan fingerprint density at radius 1 is 1.21 bits per heavy atom. The van der Waals surface area contributed by atoms with Gasteiger partial charge in [0, 0.05) is 12.0 Å². The van der Waals surface area contributed by atoms with Crippen LogP contribution in [0.3, 0.4) is 0 Å². The van der Waals surface area contributed by atoms with E-state index in [4.69, 9.17) is 0 Å². The van der Waals surface area contributed by atoms with E-state index >= 15 is 0 Å². The van der Waals surface area contributed by atoms with Crippen LogP contribution < -0.4 is 5.32 Å². The largest absolute Gasteiger partial charge is 0.354 e. The van der Waals surface area contributed by atoms with Gasteiger partial charge in [-0.05, 0) is 38.5 Å². The van der Waals surface area contributed by atoms with Crippen molar-refractivity contribution in [3.63, 3.8) is 0 Å². The third-order valence-electron chi connectivity index (χ3n) is 3.19. The average molecular weight is 197 g/mol. The van der Waals surface area contributed by atoms with E-state index in [0.29, 0.717) is 11.8 Å². The molecule has 14 heavy (non-hydrogen) atoms. The van der Waals surface area contributed by atoms with Crippen molar-refractivity contribution in [2.75, 3.05) is 0 Å². The van der Waals surface area contributed by atoms with Crippen molar-refractivity contribution in [3.05, 3.63) is 0 Å². The molecule has 0 unspecified atom stereocenters. The van der Waals surface area contributed by atoms with Crippen LogP contribution in [-0.2, 0) is 4.79 Å². The third-order valence-corrected chi connectivity index (χ3v) is 3.19. The van der Waals surface area contributed by atoms with Crippen LogP contribution in [0.2, 0.25) is 0 Å². The zero-order valence-electron chi connectivity index (χ0n) is 9.84. The number of amides is 1. The van der Waals surface area contributed by atoms with E-state index in [0.717, 1.165) is 6.42 Å². The molecule has 0 aliphatic heterocycles. The smallest absolute Gasteiger partial charge is 0.223 e. The molecule has 0 saturated heterocycles. The Morgan fingerprint density at radius 3 is 2.36 bits per heavy atom. The van der Waals surface area contributed by atoms with Gasteiger partial charge in [0.15, 0.2) is 0 Å². The van der Waals surface area contributed by atoms with E-state index in [1.165, 1.54) is 12.8 Å². The first-order chi connectivity index (χ1) is 6.52. The van der Waals surface area contributed by atoms with E-state index in [9.17, 15) is 4.79 Å². The minimum Gasteiger partial charge on any atom is -0.354 e. The molecule has 82 valence electrons. The summed E-state index contributed by atoms with van der Waals surface area (Å²) in [5.41, 5.74) is 0. The van der Waals surface area contributed by atoms with Gasteiger partial charge in [-0.3, -0.25) is 4.79 Å².